The van der Waals surface area contributed by atoms with Gasteiger partial charge in [-0.2, -0.15) is 0 Å². The molecule has 0 aliphatic heterocycles. The van der Waals surface area contributed by atoms with Crippen LogP contribution in [0, 0.1) is 20.8 Å². The molecule has 0 aliphatic rings. The van der Waals surface area contributed by atoms with E-state index in [4.69, 9.17) is 5.11 Å². The second-order valence-corrected chi connectivity index (χ2v) is 4.28. The van der Waals surface area contributed by atoms with E-state index in [1.165, 1.54) is 5.56 Å². The molecule has 0 aromatic heterocycles. The summed E-state index contributed by atoms with van der Waals surface area (Å²) in [5.41, 5.74) is 3.99. The van der Waals surface area contributed by atoms with Crippen molar-refractivity contribution < 1.29 is 14.7 Å². The number of urea groups is 1. The monoisotopic (exact) mass is 250 g/mol. The first-order valence-corrected chi connectivity index (χ1v) is 5.74. The lowest BCUT2D eigenvalue weighted by Crippen LogP contribution is -2.30. The zero-order valence-electron chi connectivity index (χ0n) is 10.8. The molecule has 0 fully saturated rings. The van der Waals surface area contributed by atoms with Crippen molar-refractivity contribution in [2.24, 2.45) is 0 Å². The highest BCUT2D eigenvalue weighted by Gasteiger charge is 2.06. The van der Waals surface area contributed by atoms with E-state index in [0.717, 1.165) is 16.8 Å². The first kappa shape index (κ1) is 14.0. The van der Waals surface area contributed by atoms with E-state index in [1.807, 2.05) is 32.9 Å². The molecule has 2 amide bonds. The fourth-order valence-electron chi connectivity index (χ4n) is 1.54. The van der Waals surface area contributed by atoms with E-state index >= 15 is 0 Å². The van der Waals surface area contributed by atoms with E-state index in [-0.39, 0.29) is 19.0 Å². The largest absolute Gasteiger partial charge is 0.481 e. The molecule has 0 bridgehead atoms. The fourth-order valence-corrected chi connectivity index (χ4v) is 1.54. The number of anilines is 1. The van der Waals surface area contributed by atoms with Gasteiger partial charge < -0.3 is 15.7 Å². The molecule has 0 heterocycles. The summed E-state index contributed by atoms with van der Waals surface area (Å²) in [4.78, 5) is 21.8. The average Bonchev–Trinajstić information content (AvgIpc) is 2.25. The fraction of sp³-hybridized carbons (Fsp3) is 0.385. The van der Waals surface area contributed by atoms with Gasteiger partial charge in [0.05, 0.1) is 6.42 Å². The van der Waals surface area contributed by atoms with Crippen molar-refractivity contribution >= 4 is 17.7 Å². The van der Waals surface area contributed by atoms with Gasteiger partial charge in [0, 0.05) is 12.2 Å². The number of rotatable bonds is 4. The number of benzene rings is 1. The third-order valence-corrected chi connectivity index (χ3v) is 2.71. The van der Waals surface area contributed by atoms with Crippen LogP contribution in [-0.4, -0.2) is 23.7 Å². The molecule has 0 radical (unpaired) electrons. The van der Waals surface area contributed by atoms with Crippen molar-refractivity contribution in [1.82, 2.24) is 5.32 Å². The summed E-state index contributed by atoms with van der Waals surface area (Å²) in [7, 11) is 0. The first-order valence-electron chi connectivity index (χ1n) is 5.74. The number of carboxylic acid groups (broad SMARTS) is 1. The first-order chi connectivity index (χ1) is 8.40. The van der Waals surface area contributed by atoms with Crippen LogP contribution in [0.25, 0.3) is 0 Å². The van der Waals surface area contributed by atoms with Crippen molar-refractivity contribution in [1.29, 1.82) is 0 Å². The van der Waals surface area contributed by atoms with Crippen molar-refractivity contribution in [3.05, 3.63) is 28.8 Å². The highest BCUT2D eigenvalue weighted by atomic mass is 16.4. The molecule has 98 valence electrons. The summed E-state index contributed by atoms with van der Waals surface area (Å²) in [6.45, 7) is 6.02. The SMILES string of the molecule is Cc1cc(C)c(NC(=O)NCCC(=O)O)cc1C. The third-order valence-electron chi connectivity index (χ3n) is 2.71. The van der Waals surface area contributed by atoms with Gasteiger partial charge in [-0.25, -0.2) is 4.79 Å². The van der Waals surface area contributed by atoms with Gasteiger partial charge >= 0.3 is 12.0 Å². The van der Waals surface area contributed by atoms with E-state index in [0.29, 0.717) is 0 Å². The van der Waals surface area contributed by atoms with Crippen LogP contribution >= 0.6 is 0 Å². The predicted molar refractivity (Wildman–Crippen MR) is 69.9 cm³/mol. The van der Waals surface area contributed by atoms with Gasteiger partial charge in [0.15, 0.2) is 0 Å². The van der Waals surface area contributed by atoms with E-state index in [9.17, 15) is 9.59 Å². The molecule has 0 saturated carbocycles. The van der Waals surface area contributed by atoms with Crippen LogP contribution in [0.15, 0.2) is 12.1 Å². The Morgan fingerprint density at radius 1 is 1.11 bits per heavy atom. The lowest BCUT2D eigenvalue weighted by Gasteiger charge is -2.11. The van der Waals surface area contributed by atoms with Gasteiger partial charge in [-0.05, 0) is 43.5 Å². The molecule has 1 rings (SSSR count). The Kier molecular flexibility index (Phi) is 4.71. The van der Waals surface area contributed by atoms with Crippen molar-refractivity contribution in [3.63, 3.8) is 0 Å². The quantitative estimate of drug-likeness (QED) is 0.766. The number of carboxylic acids is 1. The number of hydrogen-bond acceptors (Lipinski definition) is 2. The third kappa shape index (κ3) is 4.08. The summed E-state index contributed by atoms with van der Waals surface area (Å²) in [6.07, 6.45) is -0.0840. The summed E-state index contributed by atoms with van der Waals surface area (Å²) in [6, 6.07) is 3.52. The van der Waals surface area contributed by atoms with Crippen LogP contribution in [-0.2, 0) is 4.79 Å². The van der Waals surface area contributed by atoms with Crippen molar-refractivity contribution in [3.8, 4) is 0 Å². The Bertz CT molecular complexity index is 470. The molecule has 0 atom stereocenters. The minimum absolute atomic E-state index is 0.0840. The van der Waals surface area contributed by atoms with Gasteiger partial charge in [0.2, 0.25) is 0 Å². The Labute approximate surface area is 106 Å². The maximum atomic E-state index is 11.5. The van der Waals surface area contributed by atoms with Gasteiger partial charge in [0.1, 0.15) is 0 Å². The van der Waals surface area contributed by atoms with Crippen LogP contribution < -0.4 is 10.6 Å². The molecule has 5 heteroatoms. The van der Waals surface area contributed by atoms with Crippen LogP contribution in [0.1, 0.15) is 23.1 Å². The zero-order valence-corrected chi connectivity index (χ0v) is 10.8. The smallest absolute Gasteiger partial charge is 0.319 e. The molecular weight excluding hydrogens is 232 g/mol. The maximum absolute atomic E-state index is 11.5. The minimum Gasteiger partial charge on any atom is -0.481 e. The van der Waals surface area contributed by atoms with Gasteiger partial charge in [-0.3, -0.25) is 4.79 Å². The second-order valence-electron chi connectivity index (χ2n) is 4.28. The maximum Gasteiger partial charge on any atom is 0.319 e. The van der Waals surface area contributed by atoms with Gasteiger partial charge in [-0.1, -0.05) is 6.07 Å². The number of aryl methyl sites for hydroxylation is 3. The van der Waals surface area contributed by atoms with Crippen LogP contribution in [0.5, 0.6) is 0 Å². The van der Waals surface area contributed by atoms with E-state index in [2.05, 4.69) is 10.6 Å². The number of hydrogen-bond donors (Lipinski definition) is 3. The van der Waals surface area contributed by atoms with Crippen molar-refractivity contribution in [2.45, 2.75) is 27.2 Å². The predicted octanol–water partition coefficient (Wildman–Crippen LogP) is 2.21. The average molecular weight is 250 g/mol. The minimum atomic E-state index is -0.933. The van der Waals surface area contributed by atoms with Gasteiger partial charge in [0.25, 0.3) is 0 Å². The van der Waals surface area contributed by atoms with Crippen LogP contribution in [0.3, 0.4) is 0 Å². The van der Waals surface area contributed by atoms with E-state index in [1.54, 1.807) is 0 Å². The summed E-state index contributed by atoms with van der Waals surface area (Å²) in [5.74, 6) is -0.933. The Morgan fingerprint density at radius 3 is 2.33 bits per heavy atom. The number of amides is 2. The molecule has 1 aromatic carbocycles. The number of aliphatic carboxylic acids is 1. The molecule has 1 aromatic rings. The Morgan fingerprint density at radius 2 is 1.72 bits per heavy atom. The second kappa shape index (κ2) is 6.05. The topological polar surface area (TPSA) is 78.4 Å². The Hall–Kier alpha value is -2.04. The van der Waals surface area contributed by atoms with Gasteiger partial charge in [-0.15, -0.1) is 0 Å². The number of carbonyl (C=O) groups is 2. The summed E-state index contributed by atoms with van der Waals surface area (Å²) >= 11 is 0. The lowest BCUT2D eigenvalue weighted by atomic mass is 10.1. The molecule has 0 spiro atoms. The molecule has 0 unspecified atom stereocenters. The number of nitrogens with one attached hydrogen (secondary N) is 2. The van der Waals surface area contributed by atoms with E-state index < -0.39 is 5.97 Å². The molecule has 0 aliphatic carbocycles. The molecule has 0 saturated heterocycles. The Balaban J connectivity index is 2.59. The summed E-state index contributed by atoms with van der Waals surface area (Å²) in [5, 5.41) is 13.7. The van der Waals surface area contributed by atoms with Crippen molar-refractivity contribution in [2.75, 3.05) is 11.9 Å². The van der Waals surface area contributed by atoms with Crippen LogP contribution in [0.4, 0.5) is 10.5 Å². The highest BCUT2D eigenvalue weighted by Crippen LogP contribution is 2.19. The number of carbonyl (C=O) groups excluding carboxylic acids is 1. The normalized spacial score (nSPS) is 9.94. The molecule has 3 N–H and O–H groups in total. The summed E-state index contributed by atoms with van der Waals surface area (Å²) < 4.78 is 0. The highest BCUT2D eigenvalue weighted by molar-refractivity contribution is 5.90. The zero-order chi connectivity index (χ0) is 13.7. The molecular formula is C13H18N2O3. The standard InChI is InChI=1S/C13H18N2O3/c1-8-6-10(3)11(7-9(8)2)15-13(18)14-5-4-12(16)17/h6-7H,4-5H2,1-3H3,(H,16,17)(H2,14,15,18). The molecule has 5 nitrogen and oxygen atoms in total. The van der Waals surface area contributed by atoms with Crippen LogP contribution in [0.2, 0.25) is 0 Å². The lowest BCUT2D eigenvalue weighted by molar-refractivity contribution is -0.136. The molecule has 18 heavy (non-hydrogen) atoms.